The van der Waals surface area contributed by atoms with Crippen LogP contribution >= 0.6 is 0 Å². The van der Waals surface area contributed by atoms with Gasteiger partial charge in [0.25, 0.3) is 0 Å². The van der Waals surface area contributed by atoms with Gasteiger partial charge in [-0.05, 0) is 85.4 Å². The van der Waals surface area contributed by atoms with E-state index in [-0.39, 0.29) is 0 Å². The Morgan fingerprint density at radius 3 is 2.43 bits per heavy atom. The van der Waals surface area contributed by atoms with E-state index in [1.807, 2.05) is 0 Å². The third kappa shape index (κ3) is 2.49. The Kier molecular flexibility index (Phi) is 4.21. The maximum atomic E-state index is 2.71. The molecule has 0 amide bonds. The Morgan fingerprint density at radius 1 is 1.00 bits per heavy atom. The summed E-state index contributed by atoms with van der Waals surface area (Å²) in [7, 11) is 0. The summed E-state index contributed by atoms with van der Waals surface area (Å²) in [5.74, 6) is 5.06. The van der Waals surface area contributed by atoms with E-state index in [1.54, 1.807) is 19.3 Å². The summed E-state index contributed by atoms with van der Waals surface area (Å²) in [5.41, 5.74) is 1.32. The zero-order valence-electron chi connectivity index (χ0n) is 15.3. The van der Waals surface area contributed by atoms with Gasteiger partial charge in [-0.3, -0.25) is 0 Å². The van der Waals surface area contributed by atoms with Crippen molar-refractivity contribution in [3.05, 3.63) is 0 Å². The highest BCUT2D eigenvalue weighted by molar-refractivity contribution is 5.05. The van der Waals surface area contributed by atoms with Crippen molar-refractivity contribution in [3.8, 4) is 0 Å². The van der Waals surface area contributed by atoms with E-state index in [1.165, 1.54) is 38.5 Å². The van der Waals surface area contributed by atoms with Gasteiger partial charge in [0.2, 0.25) is 0 Å². The van der Waals surface area contributed by atoms with E-state index in [2.05, 4.69) is 34.6 Å². The summed E-state index contributed by atoms with van der Waals surface area (Å²) in [6.45, 7) is 12.7. The second kappa shape index (κ2) is 5.57. The summed E-state index contributed by atoms with van der Waals surface area (Å²) >= 11 is 0. The molecule has 122 valence electrons. The molecular weight excluding hydrogens is 252 g/mol. The van der Waals surface area contributed by atoms with Crippen LogP contribution < -0.4 is 0 Å². The molecule has 3 fully saturated rings. The highest BCUT2D eigenvalue weighted by atomic mass is 14.6. The number of fused-ring (bicyclic) bond motifs is 3. The normalized spacial score (nSPS) is 50.6. The minimum Gasteiger partial charge on any atom is -0.0649 e. The van der Waals surface area contributed by atoms with Crippen LogP contribution in [0.2, 0.25) is 0 Å². The average molecular weight is 291 g/mol. The molecule has 3 aliphatic rings. The quantitative estimate of drug-likeness (QED) is 0.531. The van der Waals surface area contributed by atoms with Gasteiger partial charge in [-0.15, -0.1) is 0 Å². The van der Waals surface area contributed by atoms with Gasteiger partial charge in [-0.25, -0.2) is 0 Å². The summed E-state index contributed by atoms with van der Waals surface area (Å²) in [5, 5.41) is 0. The summed E-state index contributed by atoms with van der Waals surface area (Å²) in [6.07, 6.45) is 13.6. The van der Waals surface area contributed by atoms with E-state index in [4.69, 9.17) is 0 Å². The topological polar surface area (TPSA) is 0 Å². The van der Waals surface area contributed by atoms with Crippen LogP contribution in [-0.2, 0) is 0 Å². The molecule has 0 aromatic heterocycles. The molecule has 4 unspecified atom stereocenters. The molecule has 0 aromatic rings. The monoisotopic (exact) mass is 290 g/mol. The van der Waals surface area contributed by atoms with Crippen molar-refractivity contribution < 1.29 is 0 Å². The molecule has 0 heteroatoms. The van der Waals surface area contributed by atoms with E-state index in [0.717, 1.165) is 29.6 Å². The smallest absolute Gasteiger partial charge is 0.0261 e. The van der Waals surface area contributed by atoms with Gasteiger partial charge in [0, 0.05) is 0 Å². The molecule has 3 saturated carbocycles. The van der Waals surface area contributed by atoms with Crippen LogP contribution in [-0.4, -0.2) is 0 Å². The van der Waals surface area contributed by atoms with Crippen LogP contribution in [0.5, 0.6) is 0 Å². The first-order valence-corrected chi connectivity index (χ1v) is 9.90. The fourth-order valence-corrected chi connectivity index (χ4v) is 7.04. The Labute approximate surface area is 133 Å². The van der Waals surface area contributed by atoms with E-state index in [9.17, 15) is 0 Å². The van der Waals surface area contributed by atoms with Crippen LogP contribution in [0.1, 0.15) is 92.4 Å². The molecule has 0 nitrogen and oxygen atoms in total. The van der Waals surface area contributed by atoms with Crippen molar-refractivity contribution in [2.75, 3.05) is 0 Å². The molecule has 0 N–H and O–H groups in total. The molecule has 3 rings (SSSR count). The first-order valence-electron chi connectivity index (χ1n) is 9.90. The van der Waals surface area contributed by atoms with E-state index < -0.39 is 0 Å². The van der Waals surface area contributed by atoms with Crippen molar-refractivity contribution in [3.63, 3.8) is 0 Å². The molecule has 21 heavy (non-hydrogen) atoms. The SMILES string of the molecule is CC[C@@]1(C)CCC[C@@]2(C)C3CCC(C(C)C)CC3CCC12. The van der Waals surface area contributed by atoms with Crippen LogP contribution in [0.4, 0.5) is 0 Å². The first-order chi connectivity index (χ1) is 9.90. The fraction of sp³-hybridized carbons (Fsp3) is 1.00. The minimum atomic E-state index is 0.646. The van der Waals surface area contributed by atoms with Crippen LogP contribution in [0, 0.1) is 40.4 Å². The van der Waals surface area contributed by atoms with Gasteiger partial charge in [0.1, 0.15) is 0 Å². The van der Waals surface area contributed by atoms with Crippen molar-refractivity contribution in [1.82, 2.24) is 0 Å². The molecular formula is C21H38. The third-order valence-corrected chi connectivity index (χ3v) is 8.55. The zero-order chi connectivity index (χ0) is 15.3. The molecule has 0 aromatic carbocycles. The number of hydrogen-bond acceptors (Lipinski definition) is 0. The number of hydrogen-bond donors (Lipinski definition) is 0. The van der Waals surface area contributed by atoms with E-state index in [0.29, 0.717) is 10.8 Å². The lowest BCUT2D eigenvalue weighted by Gasteiger charge is -2.62. The molecule has 0 spiro atoms. The molecule has 0 heterocycles. The Hall–Kier alpha value is 0. The van der Waals surface area contributed by atoms with Gasteiger partial charge in [-0.2, -0.15) is 0 Å². The third-order valence-electron chi connectivity index (χ3n) is 8.55. The highest BCUT2D eigenvalue weighted by Crippen LogP contribution is 2.65. The standard InChI is InChI=1S/C21H38/c1-6-20(4)12-7-13-21(5)18-10-8-16(15(2)3)14-17(18)9-11-19(20)21/h15-19H,6-14H2,1-5H3/t16?,17?,18?,19?,20-,21-/m0/s1. The Bertz CT molecular complexity index is 370. The molecule has 0 radical (unpaired) electrons. The molecule has 0 bridgehead atoms. The van der Waals surface area contributed by atoms with E-state index >= 15 is 0 Å². The van der Waals surface area contributed by atoms with Crippen molar-refractivity contribution in [2.24, 2.45) is 40.4 Å². The highest BCUT2D eigenvalue weighted by Gasteiger charge is 2.56. The fourth-order valence-electron chi connectivity index (χ4n) is 7.04. The van der Waals surface area contributed by atoms with Gasteiger partial charge in [0.05, 0.1) is 0 Å². The van der Waals surface area contributed by atoms with Gasteiger partial charge >= 0.3 is 0 Å². The lowest BCUT2D eigenvalue weighted by atomic mass is 9.43. The summed E-state index contributed by atoms with van der Waals surface area (Å²) in [4.78, 5) is 0. The molecule has 0 saturated heterocycles. The molecule has 0 aliphatic heterocycles. The summed E-state index contributed by atoms with van der Waals surface area (Å²) in [6, 6.07) is 0. The second-order valence-corrected chi connectivity index (χ2v) is 9.68. The van der Waals surface area contributed by atoms with Crippen LogP contribution in [0.15, 0.2) is 0 Å². The molecule has 3 aliphatic carbocycles. The predicted octanol–water partition coefficient (Wildman–Crippen LogP) is 6.69. The van der Waals surface area contributed by atoms with Crippen LogP contribution in [0.25, 0.3) is 0 Å². The Morgan fingerprint density at radius 2 is 1.76 bits per heavy atom. The van der Waals surface area contributed by atoms with Gasteiger partial charge < -0.3 is 0 Å². The van der Waals surface area contributed by atoms with Gasteiger partial charge in [-0.1, -0.05) is 47.5 Å². The largest absolute Gasteiger partial charge is 0.0649 e. The zero-order valence-corrected chi connectivity index (χ0v) is 15.3. The summed E-state index contributed by atoms with van der Waals surface area (Å²) < 4.78 is 0. The second-order valence-electron chi connectivity index (χ2n) is 9.68. The first kappa shape index (κ1) is 15.9. The van der Waals surface area contributed by atoms with Crippen LogP contribution in [0.3, 0.4) is 0 Å². The predicted molar refractivity (Wildman–Crippen MR) is 92.2 cm³/mol. The van der Waals surface area contributed by atoms with Crippen molar-refractivity contribution in [1.29, 1.82) is 0 Å². The Balaban J connectivity index is 1.82. The minimum absolute atomic E-state index is 0.646. The van der Waals surface area contributed by atoms with Crippen molar-refractivity contribution >= 4 is 0 Å². The van der Waals surface area contributed by atoms with Crippen molar-refractivity contribution in [2.45, 2.75) is 92.4 Å². The lowest BCUT2D eigenvalue weighted by Crippen LogP contribution is -2.53. The maximum Gasteiger partial charge on any atom is -0.0261 e. The number of rotatable bonds is 2. The lowest BCUT2D eigenvalue weighted by molar-refractivity contribution is -0.123. The molecule has 6 atom stereocenters. The average Bonchev–Trinajstić information content (AvgIpc) is 2.46. The maximum absolute atomic E-state index is 2.71. The van der Waals surface area contributed by atoms with Gasteiger partial charge in [0.15, 0.2) is 0 Å².